The number of halogens is 1. The molecular formula is C12H16BrNO. The van der Waals surface area contributed by atoms with Crippen molar-refractivity contribution < 1.29 is 4.74 Å². The van der Waals surface area contributed by atoms with Crippen LogP contribution in [0.2, 0.25) is 0 Å². The average Bonchev–Trinajstić information content (AvgIpc) is 2.25. The van der Waals surface area contributed by atoms with Crippen LogP contribution in [0.5, 0.6) is 0 Å². The molecule has 82 valence electrons. The van der Waals surface area contributed by atoms with Gasteiger partial charge in [-0.05, 0) is 43.5 Å². The van der Waals surface area contributed by atoms with Crippen molar-refractivity contribution in [3.63, 3.8) is 0 Å². The largest absolute Gasteiger partial charge is 0.380 e. The fraction of sp³-hybridized carbons (Fsp3) is 0.500. The van der Waals surface area contributed by atoms with E-state index >= 15 is 0 Å². The Kier molecular flexibility index (Phi) is 3.65. The van der Waals surface area contributed by atoms with Gasteiger partial charge in [0, 0.05) is 22.8 Å². The molecule has 0 bridgehead atoms. The molecule has 0 radical (unpaired) electrons. The summed E-state index contributed by atoms with van der Waals surface area (Å²) < 4.78 is 6.60. The summed E-state index contributed by atoms with van der Waals surface area (Å²) >= 11 is 3.50. The highest BCUT2D eigenvalue weighted by molar-refractivity contribution is 9.10. The van der Waals surface area contributed by atoms with Crippen LogP contribution >= 0.6 is 15.9 Å². The highest BCUT2D eigenvalue weighted by Gasteiger charge is 2.13. The van der Waals surface area contributed by atoms with Crippen LogP contribution in [-0.4, -0.2) is 19.3 Å². The van der Waals surface area contributed by atoms with Crippen molar-refractivity contribution in [2.75, 3.05) is 18.5 Å². The van der Waals surface area contributed by atoms with Crippen LogP contribution in [0.4, 0.5) is 5.69 Å². The molecule has 0 aliphatic carbocycles. The lowest BCUT2D eigenvalue weighted by Gasteiger charge is -2.24. The van der Waals surface area contributed by atoms with E-state index in [2.05, 4.69) is 46.4 Å². The molecule has 1 atom stereocenters. The van der Waals surface area contributed by atoms with Gasteiger partial charge in [0.2, 0.25) is 0 Å². The zero-order chi connectivity index (χ0) is 10.7. The molecule has 1 N–H and O–H groups in total. The second-order valence-electron chi connectivity index (χ2n) is 4.02. The molecule has 2 nitrogen and oxygen atoms in total. The molecule has 1 unspecified atom stereocenters. The molecule has 2 rings (SSSR count). The lowest BCUT2D eigenvalue weighted by molar-refractivity contribution is 0.0876. The van der Waals surface area contributed by atoms with Crippen molar-refractivity contribution in [2.45, 2.75) is 25.8 Å². The Morgan fingerprint density at radius 3 is 3.00 bits per heavy atom. The van der Waals surface area contributed by atoms with Gasteiger partial charge in [0.05, 0.1) is 6.61 Å². The molecule has 1 aliphatic heterocycles. The van der Waals surface area contributed by atoms with Gasteiger partial charge in [-0.25, -0.2) is 0 Å². The SMILES string of the molecule is Cc1cc(NC2CCCOC2)ccc1Br. The van der Waals surface area contributed by atoms with E-state index in [0.29, 0.717) is 6.04 Å². The lowest BCUT2D eigenvalue weighted by Crippen LogP contribution is -2.29. The zero-order valence-corrected chi connectivity index (χ0v) is 10.5. The van der Waals surface area contributed by atoms with Crippen molar-refractivity contribution >= 4 is 21.6 Å². The molecule has 1 aromatic rings. The number of aryl methyl sites for hydroxylation is 1. The zero-order valence-electron chi connectivity index (χ0n) is 8.92. The van der Waals surface area contributed by atoms with Crippen LogP contribution in [0, 0.1) is 6.92 Å². The van der Waals surface area contributed by atoms with Crippen LogP contribution < -0.4 is 5.32 Å². The standard InChI is InChI=1S/C12H16BrNO/c1-9-7-10(4-5-12(9)13)14-11-3-2-6-15-8-11/h4-5,7,11,14H,2-3,6,8H2,1H3. The molecule has 0 aromatic heterocycles. The maximum Gasteiger partial charge on any atom is 0.0667 e. The summed E-state index contributed by atoms with van der Waals surface area (Å²) in [7, 11) is 0. The first-order chi connectivity index (χ1) is 7.25. The summed E-state index contributed by atoms with van der Waals surface area (Å²) in [5, 5.41) is 3.50. The Morgan fingerprint density at radius 1 is 1.47 bits per heavy atom. The van der Waals surface area contributed by atoms with Gasteiger partial charge >= 0.3 is 0 Å². The van der Waals surface area contributed by atoms with Crippen molar-refractivity contribution in [2.24, 2.45) is 0 Å². The van der Waals surface area contributed by atoms with Crippen LogP contribution in [-0.2, 0) is 4.74 Å². The molecular weight excluding hydrogens is 254 g/mol. The smallest absolute Gasteiger partial charge is 0.0667 e. The molecule has 1 heterocycles. The quantitative estimate of drug-likeness (QED) is 0.889. The van der Waals surface area contributed by atoms with Gasteiger partial charge in [0.1, 0.15) is 0 Å². The van der Waals surface area contributed by atoms with E-state index in [1.54, 1.807) is 0 Å². The second kappa shape index (κ2) is 4.99. The first-order valence-corrected chi connectivity index (χ1v) is 6.15. The van der Waals surface area contributed by atoms with Crippen LogP contribution in [0.1, 0.15) is 18.4 Å². The number of rotatable bonds is 2. The summed E-state index contributed by atoms with van der Waals surface area (Å²) in [4.78, 5) is 0. The van der Waals surface area contributed by atoms with E-state index in [0.717, 1.165) is 24.1 Å². The second-order valence-corrected chi connectivity index (χ2v) is 4.88. The molecule has 0 amide bonds. The predicted octanol–water partition coefficient (Wildman–Crippen LogP) is 3.35. The molecule has 1 fully saturated rings. The van der Waals surface area contributed by atoms with Gasteiger partial charge in [-0.3, -0.25) is 0 Å². The Balaban J connectivity index is 2.00. The fourth-order valence-corrected chi connectivity index (χ4v) is 2.07. The third-order valence-electron chi connectivity index (χ3n) is 2.69. The summed E-state index contributed by atoms with van der Waals surface area (Å²) in [5.74, 6) is 0. The van der Waals surface area contributed by atoms with Gasteiger partial charge in [-0.15, -0.1) is 0 Å². The third kappa shape index (κ3) is 2.95. The van der Waals surface area contributed by atoms with Gasteiger partial charge < -0.3 is 10.1 Å². The Labute approximate surface area is 99.1 Å². The van der Waals surface area contributed by atoms with Crippen LogP contribution in [0.15, 0.2) is 22.7 Å². The molecule has 1 saturated heterocycles. The minimum Gasteiger partial charge on any atom is -0.380 e. The van der Waals surface area contributed by atoms with E-state index in [9.17, 15) is 0 Å². The van der Waals surface area contributed by atoms with Gasteiger partial charge in [-0.2, -0.15) is 0 Å². The molecule has 0 spiro atoms. The molecule has 1 aliphatic rings. The van der Waals surface area contributed by atoms with Gasteiger partial charge in [0.15, 0.2) is 0 Å². The maximum atomic E-state index is 5.44. The van der Waals surface area contributed by atoms with E-state index in [1.165, 1.54) is 17.7 Å². The number of hydrogen-bond donors (Lipinski definition) is 1. The van der Waals surface area contributed by atoms with Gasteiger partial charge in [0.25, 0.3) is 0 Å². The number of benzene rings is 1. The van der Waals surface area contributed by atoms with Crippen molar-refractivity contribution in [1.82, 2.24) is 0 Å². The minimum absolute atomic E-state index is 0.472. The first-order valence-electron chi connectivity index (χ1n) is 5.36. The molecule has 15 heavy (non-hydrogen) atoms. The van der Waals surface area contributed by atoms with E-state index in [-0.39, 0.29) is 0 Å². The summed E-state index contributed by atoms with van der Waals surface area (Å²) in [6, 6.07) is 6.82. The third-order valence-corrected chi connectivity index (χ3v) is 3.58. The highest BCUT2D eigenvalue weighted by Crippen LogP contribution is 2.21. The van der Waals surface area contributed by atoms with E-state index < -0.39 is 0 Å². The number of nitrogens with one attached hydrogen (secondary N) is 1. The normalized spacial score (nSPS) is 21.3. The Hall–Kier alpha value is -0.540. The predicted molar refractivity (Wildman–Crippen MR) is 66.3 cm³/mol. The number of hydrogen-bond acceptors (Lipinski definition) is 2. The van der Waals surface area contributed by atoms with Crippen LogP contribution in [0.25, 0.3) is 0 Å². The Bertz CT molecular complexity index is 334. The van der Waals surface area contributed by atoms with Gasteiger partial charge in [-0.1, -0.05) is 15.9 Å². The van der Waals surface area contributed by atoms with Crippen molar-refractivity contribution in [3.8, 4) is 0 Å². The summed E-state index contributed by atoms with van der Waals surface area (Å²) in [5.41, 5.74) is 2.45. The van der Waals surface area contributed by atoms with Crippen molar-refractivity contribution in [3.05, 3.63) is 28.2 Å². The fourth-order valence-electron chi connectivity index (χ4n) is 1.82. The number of ether oxygens (including phenoxy) is 1. The van der Waals surface area contributed by atoms with Crippen LogP contribution in [0.3, 0.4) is 0 Å². The highest BCUT2D eigenvalue weighted by atomic mass is 79.9. The van der Waals surface area contributed by atoms with Crippen molar-refractivity contribution in [1.29, 1.82) is 0 Å². The first kappa shape index (κ1) is 11.0. The topological polar surface area (TPSA) is 21.3 Å². The minimum atomic E-state index is 0.472. The maximum absolute atomic E-state index is 5.44. The molecule has 0 saturated carbocycles. The Morgan fingerprint density at radius 2 is 2.33 bits per heavy atom. The van der Waals surface area contributed by atoms with E-state index in [1.807, 2.05) is 0 Å². The molecule has 3 heteroatoms. The monoisotopic (exact) mass is 269 g/mol. The summed E-state index contributed by atoms with van der Waals surface area (Å²) in [6.07, 6.45) is 2.36. The average molecular weight is 270 g/mol. The molecule has 1 aromatic carbocycles. The summed E-state index contributed by atoms with van der Waals surface area (Å²) in [6.45, 7) is 3.85. The van der Waals surface area contributed by atoms with E-state index in [4.69, 9.17) is 4.74 Å². The lowest BCUT2D eigenvalue weighted by atomic mass is 10.1. The number of anilines is 1.